The third-order valence-electron chi connectivity index (χ3n) is 3.91. The van der Waals surface area contributed by atoms with E-state index >= 15 is 0 Å². The summed E-state index contributed by atoms with van der Waals surface area (Å²) in [4.78, 5) is 4.67. The second-order valence-electron chi connectivity index (χ2n) is 5.41. The van der Waals surface area contributed by atoms with E-state index in [-0.39, 0.29) is 0 Å². The molecule has 0 amide bonds. The zero-order valence-electron chi connectivity index (χ0n) is 13.0. The number of aliphatic hydroxyl groups is 1. The van der Waals surface area contributed by atoms with Gasteiger partial charge in [0.05, 0.1) is 17.3 Å². The SMILES string of the molecule is C=CCCC(O)(c1ccccc1)c1nc2ccc(OC)cc2s1. The van der Waals surface area contributed by atoms with Crippen molar-refractivity contribution < 1.29 is 9.84 Å². The van der Waals surface area contributed by atoms with Crippen LogP contribution in [0.1, 0.15) is 23.4 Å². The lowest BCUT2D eigenvalue weighted by atomic mass is 9.89. The predicted octanol–water partition coefficient (Wildman–Crippen LogP) is 4.51. The van der Waals surface area contributed by atoms with Gasteiger partial charge in [-0.15, -0.1) is 17.9 Å². The molecule has 1 unspecified atom stereocenters. The summed E-state index contributed by atoms with van der Waals surface area (Å²) in [6.07, 6.45) is 3.09. The van der Waals surface area contributed by atoms with Crippen LogP contribution in [0.3, 0.4) is 0 Å². The number of hydrogen-bond donors (Lipinski definition) is 1. The second kappa shape index (κ2) is 6.52. The van der Waals surface area contributed by atoms with Gasteiger partial charge in [-0.1, -0.05) is 36.4 Å². The number of thiazole rings is 1. The van der Waals surface area contributed by atoms with Crippen molar-refractivity contribution in [3.8, 4) is 5.75 Å². The monoisotopic (exact) mass is 325 g/mol. The zero-order chi connectivity index (χ0) is 16.3. The van der Waals surface area contributed by atoms with Crippen molar-refractivity contribution in [3.63, 3.8) is 0 Å². The molecule has 0 saturated heterocycles. The van der Waals surface area contributed by atoms with E-state index in [9.17, 15) is 5.11 Å². The maximum Gasteiger partial charge on any atom is 0.141 e. The Morgan fingerprint density at radius 1 is 1.26 bits per heavy atom. The predicted molar refractivity (Wildman–Crippen MR) is 95.0 cm³/mol. The molecule has 1 heterocycles. The smallest absolute Gasteiger partial charge is 0.141 e. The highest BCUT2D eigenvalue weighted by Crippen LogP contribution is 2.39. The lowest BCUT2D eigenvalue weighted by molar-refractivity contribution is 0.0720. The van der Waals surface area contributed by atoms with Crippen molar-refractivity contribution >= 4 is 21.6 Å². The van der Waals surface area contributed by atoms with Gasteiger partial charge < -0.3 is 9.84 Å². The Bertz CT molecular complexity index is 813. The van der Waals surface area contributed by atoms with Crippen molar-refractivity contribution in [2.45, 2.75) is 18.4 Å². The second-order valence-corrected chi connectivity index (χ2v) is 6.44. The topological polar surface area (TPSA) is 42.4 Å². The van der Waals surface area contributed by atoms with E-state index in [2.05, 4.69) is 11.6 Å². The van der Waals surface area contributed by atoms with Crippen LogP contribution in [-0.2, 0) is 5.60 Å². The molecule has 0 spiro atoms. The van der Waals surface area contributed by atoms with Gasteiger partial charge in [0.25, 0.3) is 0 Å². The molecule has 3 aromatic rings. The van der Waals surface area contributed by atoms with Gasteiger partial charge in [-0.25, -0.2) is 4.98 Å². The van der Waals surface area contributed by atoms with Gasteiger partial charge in [-0.05, 0) is 36.6 Å². The molecule has 0 saturated carbocycles. The van der Waals surface area contributed by atoms with Crippen LogP contribution in [0.2, 0.25) is 0 Å². The number of ether oxygens (including phenoxy) is 1. The summed E-state index contributed by atoms with van der Waals surface area (Å²) in [5, 5.41) is 12.1. The molecule has 0 radical (unpaired) electrons. The maximum absolute atomic E-state index is 11.4. The Balaban J connectivity index is 2.11. The van der Waals surface area contributed by atoms with Crippen LogP contribution >= 0.6 is 11.3 Å². The number of benzene rings is 2. The van der Waals surface area contributed by atoms with E-state index in [1.165, 1.54) is 11.3 Å². The van der Waals surface area contributed by atoms with E-state index in [0.29, 0.717) is 17.8 Å². The third kappa shape index (κ3) is 3.00. The molecule has 0 aliphatic rings. The third-order valence-corrected chi connectivity index (χ3v) is 5.08. The van der Waals surface area contributed by atoms with Crippen LogP contribution in [0, 0.1) is 0 Å². The molecule has 1 aromatic heterocycles. The molecule has 1 N–H and O–H groups in total. The zero-order valence-corrected chi connectivity index (χ0v) is 13.8. The summed E-state index contributed by atoms with van der Waals surface area (Å²) in [6.45, 7) is 3.77. The summed E-state index contributed by atoms with van der Waals surface area (Å²) in [5.41, 5.74) is 0.624. The van der Waals surface area contributed by atoms with Crippen LogP contribution in [0.25, 0.3) is 10.2 Å². The minimum atomic E-state index is -1.10. The number of aromatic nitrogens is 1. The molecular weight excluding hydrogens is 306 g/mol. The summed E-state index contributed by atoms with van der Waals surface area (Å²) in [7, 11) is 1.65. The number of methoxy groups -OCH3 is 1. The van der Waals surface area contributed by atoms with Crippen molar-refractivity contribution in [3.05, 3.63) is 71.8 Å². The average Bonchev–Trinajstić information content (AvgIpc) is 3.04. The molecule has 118 valence electrons. The minimum Gasteiger partial charge on any atom is -0.497 e. The highest BCUT2D eigenvalue weighted by atomic mass is 32.1. The van der Waals surface area contributed by atoms with Gasteiger partial charge >= 0.3 is 0 Å². The minimum absolute atomic E-state index is 0.553. The fourth-order valence-corrected chi connectivity index (χ4v) is 3.74. The first-order valence-corrected chi connectivity index (χ1v) is 8.33. The van der Waals surface area contributed by atoms with Crippen molar-refractivity contribution in [1.29, 1.82) is 0 Å². The fraction of sp³-hybridized carbons (Fsp3) is 0.211. The Kier molecular flexibility index (Phi) is 4.46. The highest BCUT2D eigenvalue weighted by Gasteiger charge is 2.34. The van der Waals surface area contributed by atoms with Crippen molar-refractivity contribution in [1.82, 2.24) is 4.98 Å². The summed E-state index contributed by atoms with van der Waals surface area (Å²) < 4.78 is 6.28. The summed E-state index contributed by atoms with van der Waals surface area (Å²) in [6, 6.07) is 15.5. The molecule has 23 heavy (non-hydrogen) atoms. The average molecular weight is 325 g/mol. The lowest BCUT2D eigenvalue weighted by Gasteiger charge is -2.26. The van der Waals surface area contributed by atoms with Gasteiger partial charge in [-0.3, -0.25) is 0 Å². The number of allylic oxidation sites excluding steroid dienone is 1. The first kappa shape index (κ1) is 15.7. The van der Waals surface area contributed by atoms with Crippen LogP contribution in [0.5, 0.6) is 5.75 Å². The van der Waals surface area contributed by atoms with Crippen LogP contribution in [-0.4, -0.2) is 17.2 Å². The van der Waals surface area contributed by atoms with E-state index in [1.54, 1.807) is 7.11 Å². The standard InChI is InChI=1S/C19H19NO2S/c1-3-4-12-19(21,14-8-6-5-7-9-14)18-20-16-11-10-15(22-2)13-17(16)23-18/h3,5-11,13,21H,1,4,12H2,2H3. The largest absolute Gasteiger partial charge is 0.497 e. The Morgan fingerprint density at radius 3 is 2.74 bits per heavy atom. The molecule has 1 atom stereocenters. The van der Waals surface area contributed by atoms with Gasteiger partial charge in [0, 0.05) is 0 Å². The first-order chi connectivity index (χ1) is 11.2. The maximum atomic E-state index is 11.4. The van der Waals surface area contributed by atoms with E-state index in [4.69, 9.17) is 4.74 Å². The molecule has 2 aromatic carbocycles. The lowest BCUT2D eigenvalue weighted by Crippen LogP contribution is -2.26. The van der Waals surface area contributed by atoms with Crippen LogP contribution < -0.4 is 4.74 Å². The van der Waals surface area contributed by atoms with Crippen molar-refractivity contribution in [2.75, 3.05) is 7.11 Å². The Morgan fingerprint density at radius 2 is 2.04 bits per heavy atom. The van der Waals surface area contributed by atoms with E-state index < -0.39 is 5.60 Å². The molecule has 4 heteroatoms. The van der Waals surface area contributed by atoms with Gasteiger partial charge in [-0.2, -0.15) is 0 Å². The molecule has 0 aliphatic carbocycles. The van der Waals surface area contributed by atoms with Crippen LogP contribution in [0.4, 0.5) is 0 Å². The molecule has 3 nitrogen and oxygen atoms in total. The van der Waals surface area contributed by atoms with Gasteiger partial charge in [0.1, 0.15) is 16.4 Å². The van der Waals surface area contributed by atoms with Crippen LogP contribution in [0.15, 0.2) is 61.2 Å². The van der Waals surface area contributed by atoms with E-state index in [0.717, 1.165) is 21.5 Å². The fourth-order valence-electron chi connectivity index (χ4n) is 2.61. The molecule has 0 fully saturated rings. The highest BCUT2D eigenvalue weighted by molar-refractivity contribution is 7.18. The number of rotatable bonds is 6. The normalized spacial score (nSPS) is 13.7. The molecular formula is C19H19NO2S. The van der Waals surface area contributed by atoms with Gasteiger partial charge in [0.15, 0.2) is 0 Å². The Hall–Kier alpha value is -2.17. The number of nitrogens with zero attached hydrogens (tertiary/aromatic N) is 1. The molecule has 3 rings (SSSR count). The number of fused-ring (bicyclic) bond motifs is 1. The first-order valence-electron chi connectivity index (χ1n) is 7.51. The quantitative estimate of drug-likeness (QED) is 0.678. The molecule has 0 aliphatic heterocycles. The van der Waals surface area contributed by atoms with E-state index in [1.807, 2.05) is 54.6 Å². The number of hydrogen-bond acceptors (Lipinski definition) is 4. The summed E-state index contributed by atoms with van der Waals surface area (Å²) >= 11 is 1.50. The van der Waals surface area contributed by atoms with Crippen molar-refractivity contribution in [2.24, 2.45) is 0 Å². The summed E-state index contributed by atoms with van der Waals surface area (Å²) in [5.74, 6) is 0.794. The Labute approximate surface area is 139 Å². The molecule has 0 bridgehead atoms. The van der Waals surface area contributed by atoms with Gasteiger partial charge in [0.2, 0.25) is 0 Å².